The van der Waals surface area contributed by atoms with Gasteiger partial charge in [-0.2, -0.15) is 0 Å². The third-order valence-corrected chi connectivity index (χ3v) is 4.74. The highest BCUT2D eigenvalue weighted by atomic mass is 32.2. The van der Waals surface area contributed by atoms with Crippen LogP contribution in [0.4, 0.5) is 4.39 Å². The Bertz CT molecular complexity index is 586. The molecule has 1 aliphatic rings. The molecule has 104 valence electrons. The van der Waals surface area contributed by atoms with Crippen LogP contribution in [-0.2, 0) is 16.4 Å². The molecule has 0 spiro atoms. The fraction of sp³-hybridized carbons (Fsp3) is 0.417. The van der Waals surface area contributed by atoms with Gasteiger partial charge in [0, 0.05) is 19.6 Å². The van der Waals surface area contributed by atoms with Crippen molar-refractivity contribution in [2.45, 2.75) is 6.54 Å². The number of carboxylic acids is 1. The Morgan fingerprint density at radius 1 is 1.32 bits per heavy atom. The van der Waals surface area contributed by atoms with E-state index in [9.17, 15) is 17.6 Å². The van der Waals surface area contributed by atoms with E-state index >= 15 is 0 Å². The van der Waals surface area contributed by atoms with Gasteiger partial charge in [0.05, 0.1) is 17.1 Å². The fourth-order valence-electron chi connectivity index (χ4n) is 2.05. The van der Waals surface area contributed by atoms with Crippen molar-refractivity contribution < 1.29 is 22.7 Å². The lowest BCUT2D eigenvalue weighted by molar-refractivity contribution is 0.0694. The Hall–Kier alpha value is -1.47. The molecule has 0 unspecified atom stereocenters. The minimum absolute atomic E-state index is 0.0508. The molecular weight excluding hydrogens is 273 g/mol. The van der Waals surface area contributed by atoms with Crippen LogP contribution in [0.15, 0.2) is 18.2 Å². The first-order chi connectivity index (χ1) is 8.87. The van der Waals surface area contributed by atoms with Crippen molar-refractivity contribution >= 4 is 15.8 Å². The molecule has 1 N–H and O–H groups in total. The van der Waals surface area contributed by atoms with E-state index in [1.54, 1.807) is 0 Å². The minimum Gasteiger partial charge on any atom is -0.478 e. The number of rotatable bonds is 3. The molecule has 0 saturated carbocycles. The number of hydrogen-bond donors (Lipinski definition) is 1. The summed E-state index contributed by atoms with van der Waals surface area (Å²) in [6.45, 7) is 0.935. The van der Waals surface area contributed by atoms with E-state index < -0.39 is 21.6 Å². The minimum atomic E-state index is -2.97. The largest absolute Gasteiger partial charge is 0.478 e. The molecule has 0 radical (unpaired) electrons. The number of hydrogen-bond acceptors (Lipinski definition) is 4. The second-order valence-corrected chi connectivity index (χ2v) is 6.84. The highest BCUT2D eigenvalue weighted by Gasteiger charge is 2.23. The lowest BCUT2D eigenvalue weighted by Gasteiger charge is -2.26. The van der Waals surface area contributed by atoms with Crippen LogP contribution in [0.2, 0.25) is 0 Å². The van der Waals surface area contributed by atoms with Gasteiger partial charge in [0.15, 0.2) is 9.84 Å². The maximum atomic E-state index is 13.2. The molecule has 0 aliphatic carbocycles. The van der Waals surface area contributed by atoms with E-state index in [1.165, 1.54) is 12.1 Å². The Morgan fingerprint density at radius 2 is 1.95 bits per heavy atom. The van der Waals surface area contributed by atoms with Gasteiger partial charge in [0.2, 0.25) is 0 Å². The molecule has 1 heterocycles. The second kappa shape index (κ2) is 5.26. The van der Waals surface area contributed by atoms with Crippen LogP contribution in [-0.4, -0.2) is 49.0 Å². The predicted molar refractivity (Wildman–Crippen MR) is 67.3 cm³/mol. The lowest BCUT2D eigenvalue weighted by atomic mass is 10.1. The van der Waals surface area contributed by atoms with Gasteiger partial charge in [-0.25, -0.2) is 17.6 Å². The van der Waals surface area contributed by atoms with Gasteiger partial charge in [-0.05, 0) is 23.8 Å². The van der Waals surface area contributed by atoms with E-state index in [1.807, 2.05) is 4.90 Å². The Labute approximate surface area is 110 Å². The Morgan fingerprint density at radius 3 is 2.53 bits per heavy atom. The van der Waals surface area contributed by atoms with Crippen molar-refractivity contribution in [1.82, 2.24) is 4.90 Å². The molecule has 0 atom stereocenters. The summed E-state index contributed by atoms with van der Waals surface area (Å²) in [4.78, 5) is 12.9. The van der Waals surface area contributed by atoms with Gasteiger partial charge in [0.25, 0.3) is 0 Å². The summed E-state index contributed by atoms with van der Waals surface area (Å²) in [5, 5.41) is 9.03. The number of sulfone groups is 1. The molecule has 0 amide bonds. The third-order valence-electron chi connectivity index (χ3n) is 3.13. The molecule has 1 fully saturated rings. The highest BCUT2D eigenvalue weighted by Crippen LogP contribution is 2.16. The van der Waals surface area contributed by atoms with Crippen LogP contribution in [0.5, 0.6) is 0 Å². The molecule has 1 aromatic rings. The van der Waals surface area contributed by atoms with E-state index in [-0.39, 0.29) is 23.6 Å². The zero-order chi connectivity index (χ0) is 14.0. The van der Waals surface area contributed by atoms with E-state index in [0.29, 0.717) is 18.7 Å². The van der Waals surface area contributed by atoms with Crippen molar-refractivity contribution in [3.63, 3.8) is 0 Å². The first-order valence-electron chi connectivity index (χ1n) is 5.82. The average molecular weight is 287 g/mol. The second-order valence-electron chi connectivity index (χ2n) is 4.53. The maximum absolute atomic E-state index is 13.2. The molecule has 5 nitrogen and oxygen atoms in total. The monoisotopic (exact) mass is 287 g/mol. The third kappa shape index (κ3) is 3.51. The van der Waals surface area contributed by atoms with Crippen molar-refractivity contribution in [2.24, 2.45) is 0 Å². The van der Waals surface area contributed by atoms with Crippen LogP contribution < -0.4 is 0 Å². The van der Waals surface area contributed by atoms with Crippen LogP contribution in [0.25, 0.3) is 0 Å². The summed E-state index contributed by atoms with van der Waals surface area (Å²) in [5.41, 5.74) is 0.418. The molecule has 1 aromatic carbocycles. The molecule has 0 bridgehead atoms. The summed E-state index contributed by atoms with van der Waals surface area (Å²) in [5.74, 6) is -1.49. The number of carboxylic acid groups (broad SMARTS) is 1. The summed E-state index contributed by atoms with van der Waals surface area (Å²) >= 11 is 0. The molecule has 1 saturated heterocycles. The Kier molecular flexibility index (Phi) is 3.86. The van der Waals surface area contributed by atoms with Gasteiger partial charge in [-0.3, -0.25) is 4.90 Å². The molecule has 2 rings (SSSR count). The molecule has 0 aromatic heterocycles. The summed E-state index contributed by atoms with van der Waals surface area (Å²) in [6.07, 6.45) is 0. The summed E-state index contributed by atoms with van der Waals surface area (Å²) in [7, 11) is -2.97. The smallest absolute Gasteiger partial charge is 0.336 e. The van der Waals surface area contributed by atoms with Crippen LogP contribution >= 0.6 is 0 Å². The van der Waals surface area contributed by atoms with Gasteiger partial charge < -0.3 is 5.11 Å². The molecular formula is C12H14FNO4S. The van der Waals surface area contributed by atoms with Crippen LogP contribution in [0, 0.1) is 5.82 Å². The maximum Gasteiger partial charge on any atom is 0.336 e. The summed E-state index contributed by atoms with van der Waals surface area (Å²) < 4.78 is 35.8. The van der Waals surface area contributed by atoms with Crippen LogP contribution in [0.1, 0.15) is 15.9 Å². The van der Waals surface area contributed by atoms with Gasteiger partial charge >= 0.3 is 5.97 Å². The van der Waals surface area contributed by atoms with Gasteiger partial charge in [0.1, 0.15) is 5.82 Å². The van der Waals surface area contributed by atoms with Gasteiger partial charge in [-0.1, -0.05) is 0 Å². The van der Waals surface area contributed by atoms with Gasteiger partial charge in [-0.15, -0.1) is 0 Å². The van der Waals surface area contributed by atoms with E-state index in [2.05, 4.69) is 0 Å². The lowest BCUT2D eigenvalue weighted by Crippen LogP contribution is -2.39. The zero-order valence-electron chi connectivity index (χ0n) is 10.2. The first-order valence-corrected chi connectivity index (χ1v) is 7.64. The standard InChI is InChI=1S/C12H14FNO4S/c13-10-1-2-11(12(15)16)9(7-10)8-14-3-5-19(17,18)6-4-14/h1-2,7H,3-6,8H2,(H,15,16). The topological polar surface area (TPSA) is 74.7 Å². The number of benzene rings is 1. The van der Waals surface area contributed by atoms with Crippen molar-refractivity contribution in [3.8, 4) is 0 Å². The number of aromatic carboxylic acids is 1. The number of carbonyl (C=O) groups is 1. The van der Waals surface area contributed by atoms with Crippen molar-refractivity contribution in [2.75, 3.05) is 24.6 Å². The first kappa shape index (κ1) is 14.0. The zero-order valence-corrected chi connectivity index (χ0v) is 11.0. The van der Waals surface area contributed by atoms with E-state index in [0.717, 1.165) is 6.07 Å². The SMILES string of the molecule is O=C(O)c1ccc(F)cc1CN1CCS(=O)(=O)CC1. The van der Waals surface area contributed by atoms with Crippen LogP contribution in [0.3, 0.4) is 0 Å². The number of nitrogens with zero attached hydrogens (tertiary/aromatic N) is 1. The summed E-state index contributed by atoms with van der Waals surface area (Å²) in [6, 6.07) is 3.52. The Balaban J connectivity index is 2.15. The highest BCUT2D eigenvalue weighted by molar-refractivity contribution is 7.91. The fourth-order valence-corrected chi connectivity index (χ4v) is 3.33. The quantitative estimate of drug-likeness (QED) is 0.888. The number of halogens is 1. The molecule has 7 heteroatoms. The normalized spacial score (nSPS) is 19.2. The molecule has 1 aliphatic heterocycles. The average Bonchev–Trinajstić information content (AvgIpc) is 2.31. The van der Waals surface area contributed by atoms with Crippen molar-refractivity contribution in [1.29, 1.82) is 0 Å². The van der Waals surface area contributed by atoms with E-state index in [4.69, 9.17) is 5.11 Å². The van der Waals surface area contributed by atoms with Crippen molar-refractivity contribution in [3.05, 3.63) is 35.1 Å². The predicted octanol–water partition coefficient (Wildman–Crippen LogP) is 0.754. The molecule has 19 heavy (non-hydrogen) atoms.